The first-order chi connectivity index (χ1) is 5.66. The Labute approximate surface area is 79.8 Å². The Morgan fingerprint density at radius 3 is 3.08 bits per heavy atom. The second-order valence-corrected chi connectivity index (χ2v) is 3.41. The van der Waals surface area contributed by atoms with Crippen LogP contribution in [-0.4, -0.2) is 15.8 Å². The van der Waals surface area contributed by atoms with Crippen LogP contribution in [0.2, 0.25) is 0 Å². The van der Waals surface area contributed by atoms with Crippen molar-refractivity contribution in [3.8, 4) is 0 Å². The lowest BCUT2D eigenvalue weighted by atomic mass is 10.3. The normalized spacial score (nSPS) is 21.2. The standard InChI is InChI=1S/C7H7Cl2N3/c1-3-2-4-5(8)11-7(9)12-6(4)10-3/h2,7,10,12H,1H3. The van der Waals surface area contributed by atoms with Crippen LogP contribution in [0.4, 0.5) is 5.82 Å². The summed E-state index contributed by atoms with van der Waals surface area (Å²) in [6, 6.07) is 1.93. The number of hydrogen-bond donors (Lipinski definition) is 2. The predicted molar refractivity (Wildman–Crippen MR) is 51.2 cm³/mol. The van der Waals surface area contributed by atoms with Crippen molar-refractivity contribution in [1.29, 1.82) is 0 Å². The van der Waals surface area contributed by atoms with Gasteiger partial charge in [-0.3, -0.25) is 0 Å². The van der Waals surface area contributed by atoms with Crippen LogP contribution in [0.15, 0.2) is 11.1 Å². The first-order valence-corrected chi connectivity index (χ1v) is 4.32. The molecule has 0 saturated carbocycles. The number of aromatic nitrogens is 1. The number of hydrogen-bond acceptors (Lipinski definition) is 2. The van der Waals surface area contributed by atoms with E-state index in [4.69, 9.17) is 23.2 Å². The smallest absolute Gasteiger partial charge is 0.198 e. The molecule has 64 valence electrons. The fourth-order valence-corrected chi connectivity index (χ4v) is 1.69. The average molecular weight is 204 g/mol. The Kier molecular flexibility index (Phi) is 1.77. The number of nitrogens with one attached hydrogen (secondary N) is 2. The molecule has 2 rings (SSSR count). The van der Waals surface area contributed by atoms with E-state index >= 15 is 0 Å². The van der Waals surface area contributed by atoms with Crippen LogP contribution < -0.4 is 5.32 Å². The van der Waals surface area contributed by atoms with Crippen LogP contribution in [0.5, 0.6) is 0 Å². The van der Waals surface area contributed by atoms with Gasteiger partial charge >= 0.3 is 0 Å². The number of alkyl halides is 1. The molecule has 1 atom stereocenters. The van der Waals surface area contributed by atoms with Gasteiger partial charge in [0.2, 0.25) is 0 Å². The highest BCUT2D eigenvalue weighted by Crippen LogP contribution is 2.25. The maximum atomic E-state index is 5.86. The number of anilines is 1. The molecule has 0 radical (unpaired) electrons. The number of halogens is 2. The summed E-state index contributed by atoms with van der Waals surface area (Å²) in [4.78, 5) is 7.05. The third-order valence-electron chi connectivity index (χ3n) is 1.66. The van der Waals surface area contributed by atoms with Gasteiger partial charge < -0.3 is 10.3 Å². The van der Waals surface area contributed by atoms with Gasteiger partial charge in [-0.05, 0) is 13.0 Å². The van der Waals surface area contributed by atoms with Gasteiger partial charge in [0.25, 0.3) is 0 Å². The highest BCUT2D eigenvalue weighted by molar-refractivity contribution is 6.70. The summed E-state index contributed by atoms with van der Waals surface area (Å²) in [5.41, 5.74) is 1.45. The number of rotatable bonds is 0. The van der Waals surface area contributed by atoms with Gasteiger partial charge in [-0.2, -0.15) is 0 Å². The zero-order chi connectivity index (χ0) is 8.72. The van der Waals surface area contributed by atoms with Crippen molar-refractivity contribution < 1.29 is 0 Å². The Bertz CT molecular complexity index is 342. The molecule has 12 heavy (non-hydrogen) atoms. The summed E-state index contributed by atoms with van der Waals surface area (Å²) in [7, 11) is 0. The Morgan fingerprint density at radius 1 is 1.58 bits per heavy atom. The maximum Gasteiger partial charge on any atom is 0.198 e. The van der Waals surface area contributed by atoms with Crippen LogP contribution in [0.3, 0.4) is 0 Å². The molecule has 0 aliphatic carbocycles. The van der Waals surface area contributed by atoms with Gasteiger partial charge in [-0.1, -0.05) is 23.2 Å². The first kappa shape index (κ1) is 7.95. The molecular formula is C7H7Cl2N3. The molecule has 1 aliphatic rings. The summed E-state index contributed by atoms with van der Waals surface area (Å²) in [5.74, 6) is 0.840. The third kappa shape index (κ3) is 1.19. The molecule has 1 unspecified atom stereocenters. The minimum absolute atomic E-state index is 0.452. The van der Waals surface area contributed by atoms with E-state index in [1.807, 2.05) is 13.0 Å². The van der Waals surface area contributed by atoms with Crippen molar-refractivity contribution in [3.63, 3.8) is 0 Å². The Morgan fingerprint density at radius 2 is 2.33 bits per heavy atom. The molecule has 0 spiro atoms. The van der Waals surface area contributed by atoms with Crippen molar-refractivity contribution in [2.24, 2.45) is 4.99 Å². The Hall–Kier alpha value is -0.670. The van der Waals surface area contributed by atoms with E-state index in [0.717, 1.165) is 17.1 Å². The molecule has 2 N–H and O–H groups in total. The SMILES string of the molecule is Cc1cc2c([nH]1)NC(Cl)N=C2Cl. The second kappa shape index (κ2) is 2.68. The molecule has 0 saturated heterocycles. The van der Waals surface area contributed by atoms with E-state index < -0.39 is 5.62 Å². The second-order valence-electron chi connectivity index (χ2n) is 2.64. The molecule has 0 bridgehead atoms. The van der Waals surface area contributed by atoms with Crippen molar-refractivity contribution in [3.05, 3.63) is 17.3 Å². The summed E-state index contributed by atoms with van der Waals surface area (Å²) in [6.45, 7) is 1.95. The Balaban J connectivity index is 2.51. The average Bonchev–Trinajstić information content (AvgIpc) is 2.29. The van der Waals surface area contributed by atoms with E-state index in [1.54, 1.807) is 0 Å². The fraction of sp³-hybridized carbons (Fsp3) is 0.286. The molecule has 5 heteroatoms. The number of aliphatic imine (C=N–C) groups is 1. The molecule has 3 nitrogen and oxygen atoms in total. The largest absolute Gasteiger partial charge is 0.345 e. The highest BCUT2D eigenvalue weighted by Gasteiger charge is 2.18. The van der Waals surface area contributed by atoms with E-state index in [1.165, 1.54) is 0 Å². The van der Waals surface area contributed by atoms with Crippen molar-refractivity contribution >= 4 is 34.2 Å². The number of aromatic amines is 1. The van der Waals surface area contributed by atoms with E-state index in [2.05, 4.69) is 15.3 Å². The van der Waals surface area contributed by atoms with E-state index in [-0.39, 0.29) is 0 Å². The fourth-order valence-electron chi connectivity index (χ4n) is 1.19. The zero-order valence-electron chi connectivity index (χ0n) is 6.36. The van der Waals surface area contributed by atoms with Crippen molar-refractivity contribution in [2.75, 3.05) is 5.32 Å². The predicted octanol–water partition coefficient (Wildman–Crippen LogP) is 2.26. The monoisotopic (exact) mass is 203 g/mol. The molecule has 1 aromatic heterocycles. The quantitative estimate of drug-likeness (QED) is 0.493. The minimum Gasteiger partial charge on any atom is -0.345 e. The maximum absolute atomic E-state index is 5.86. The van der Waals surface area contributed by atoms with Gasteiger partial charge in [-0.25, -0.2) is 4.99 Å². The summed E-state index contributed by atoms with van der Waals surface area (Å²) < 4.78 is 0. The molecule has 1 aromatic rings. The van der Waals surface area contributed by atoms with E-state index in [9.17, 15) is 0 Å². The summed E-state index contributed by atoms with van der Waals surface area (Å²) in [5, 5.41) is 3.40. The lowest BCUT2D eigenvalue weighted by molar-refractivity contribution is 1.01. The van der Waals surface area contributed by atoms with Gasteiger partial charge in [-0.15, -0.1) is 0 Å². The molecule has 1 aliphatic heterocycles. The van der Waals surface area contributed by atoms with Gasteiger partial charge in [0.05, 0.1) is 5.56 Å². The lowest BCUT2D eigenvalue weighted by Gasteiger charge is -2.14. The molecule has 2 heterocycles. The van der Waals surface area contributed by atoms with Crippen LogP contribution in [-0.2, 0) is 0 Å². The van der Waals surface area contributed by atoms with Crippen LogP contribution in [0.1, 0.15) is 11.3 Å². The number of aryl methyl sites for hydroxylation is 1. The molecule has 0 aromatic carbocycles. The number of H-pyrrole nitrogens is 1. The van der Waals surface area contributed by atoms with Gasteiger partial charge in [0.15, 0.2) is 5.62 Å². The van der Waals surface area contributed by atoms with Crippen LogP contribution >= 0.6 is 23.2 Å². The first-order valence-electron chi connectivity index (χ1n) is 3.51. The molecule has 0 amide bonds. The number of nitrogens with zero attached hydrogens (tertiary/aromatic N) is 1. The van der Waals surface area contributed by atoms with E-state index in [0.29, 0.717) is 5.17 Å². The minimum atomic E-state index is -0.469. The van der Waals surface area contributed by atoms with Crippen molar-refractivity contribution in [2.45, 2.75) is 12.5 Å². The van der Waals surface area contributed by atoms with Crippen molar-refractivity contribution in [1.82, 2.24) is 4.98 Å². The van der Waals surface area contributed by atoms with Crippen LogP contribution in [0, 0.1) is 6.92 Å². The summed E-state index contributed by atoms with van der Waals surface area (Å²) >= 11 is 11.6. The van der Waals surface area contributed by atoms with Gasteiger partial charge in [0, 0.05) is 5.69 Å². The third-order valence-corrected chi connectivity index (χ3v) is 2.17. The van der Waals surface area contributed by atoms with Crippen LogP contribution in [0.25, 0.3) is 0 Å². The molecular weight excluding hydrogens is 197 g/mol. The van der Waals surface area contributed by atoms with Gasteiger partial charge in [0.1, 0.15) is 11.0 Å². The zero-order valence-corrected chi connectivity index (χ0v) is 7.87. The highest BCUT2D eigenvalue weighted by atomic mass is 35.5. The summed E-state index contributed by atoms with van der Waals surface area (Å²) in [6.07, 6.45) is 0. The topological polar surface area (TPSA) is 40.2 Å². The molecule has 0 fully saturated rings. The lowest BCUT2D eigenvalue weighted by Crippen LogP contribution is -2.17. The number of fused-ring (bicyclic) bond motifs is 1.